The summed E-state index contributed by atoms with van der Waals surface area (Å²) in [5.74, 6) is -3.30. The van der Waals surface area contributed by atoms with Gasteiger partial charge in [-0.3, -0.25) is 9.59 Å². The second kappa shape index (κ2) is 8.10. The molecule has 2 aromatic carbocycles. The number of nitrogens with two attached hydrogens (primary N) is 1. The molecule has 0 spiro atoms. The minimum atomic E-state index is -1.08. The average Bonchev–Trinajstić information content (AvgIpc) is 2.98. The van der Waals surface area contributed by atoms with Crippen LogP contribution >= 0.6 is 0 Å². The maximum absolute atomic E-state index is 14.1. The molecular weight excluding hydrogens is 388 g/mol. The summed E-state index contributed by atoms with van der Waals surface area (Å²) in [6, 6.07) is 11.2. The Hall–Kier alpha value is -3.48. The van der Waals surface area contributed by atoms with E-state index in [0.29, 0.717) is 23.2 Å². The smallest absolute Gasteiger partial charge is 0.257 e. The topological polar surface area (TPSA) is 77.1 Å². The number of hydrogen-bond donors (Lipinski definition) is 2. The van der Waals surface area contributed by atoms with Gasteiger partial charge >= 0.3 is 0 Å². The number of halogens is 2. The molecule has 156 valence electrons. The van der Waals surface area contributed by atoms with E-state index in [2.05, 4.69) is 19.2 Å². The van der Waals surface area contributed by atoms with Crippen molar-refractivity contribution in [3.05, 3.63) is 82.2 Å². The molecule has 3 N–H and O–H groups in total. The van der Waals surface area contributed by atoms with Gasteiger partial charge in [0.15, 0.2) is 0 Å². The normalized spacial score (nSPS) is 11.0. The highest BCUT2D eigenvalue weighted by Crippen LogP contribution is 2.25. The molecule has 5 nitrogen and oxygen atoms in total. The Labute approximate surface area is 173 Å². The van der Waals surface area contributed by atoms with Crippen molar-refractivity contribution in [3.63, 3.8) is 0 Å². The fourth-order valence-corrected chi connectivity index (χ4v) is 3.42. The van der Waals surface area contributed by atoms with Gasteiger partial charge in [0.05, 0.1) is 16.8 Å². The van der Waals surface area contributed by atoms with Gasteiger partial charge in [0, 0.05) is 23.1 Å². The number of benzene rings is 2. The molecule has 0 saturated heterocycles. The zero-order chi connectivity index (χ0) is 22.2. The van der Waals surface area contributed by atoms with Gasteiger partial charge < -0.3 is 15.6 Å². The summed E-state index contributed by atoms with van der Waals surface area (Å²) in [5, 5.41) is 2.40. The van der Waals surface area contributed by atoms with E-state index in [1.54, 1.807) is 13.0 Å². The molecule has 3 aromatic rings. The third kappa shape index (κ3) is 3.96. The lowest BCUT2D eigenvalue weighted by atomic mass is 10.0. The number of nitrogens with zero attached hydrogens (tertiary/aromatic N) is 1. The summed E-state index contributed by atoms with van der Waals surface area (Å²) in [4.78, 5) is 24.1. The van der Waals surface area contributed by atoms with Crippen molar-refractivity contribution in [1.29, 1.82) is 0 Å². The van der Waals surface area contributed by atoms with Crippen LogP contribution in [-0.4, -0.2) is 16.4 Å². The van der Waals surface area contributed by atoms with E-state index in [1.807, 2.05) is 35.8 Å². The van der Waals surface area contributed by atoms with Crippen LogP contribution in [0.25, 0.3) is 5.69 Å². The summed E-state index contributed by atoms with van der Waals surface area (Å²) in [6.45, 7) is 7.88. The first-order valence-electron chi connectivity index (χ1n) is 9.49. The van der Waals surface area contributed by atoms with Crippen molar-refractivity contribution in [3.8, 4) is 5.69 Å². The second-order valence-electron chi connectivity index (χ2n) is 7.50. The van der Waals surface area contributed by atoms with Crippen LogP contribution in [0.15, 0.2) is 42.5 Å². The van der Waals surface area contributed by atoms with Crippen LogP contribution in [0.3, 0.4) is 0 Å². The molecule has 3 rings (SSSR count). The lowest BCUT2D eigenvalue weighted by Crippen LogP contribution is -2.17. The fourth-order valence-electron chi connectivity index (χ4n) is 3.42. The van der Waals surface area contributed by atoms with Crippen LogP contribution in [0.2, 0.25) is 0 Å². The molecule has 0 fully saturated rings. The maximum Gasteiger partial charge on any atom is 0.257 e. The first-order chi connectivity index (χ1) is 14.1. The third-order valence-corrected chi connectivity index (χ3v) is 5.06. The predicted octanol–water partition coefficient (Wildman–Crippen LogP) is 4.85. The van der Waals surface area contributed by atoms with Crippen molar-refractivity contribution < 1.29 is 18.4 Å². The number of nitrogens with one attached hydrogen (secondary N) is 1. The largest absolute Gasteiger partial charge is 0.366 e. The average molecular weight is 411 g/mol. The Morgan fingerprint density at radius 1 is 0.967 bits per heavy atom. The molecule has 0 atom stereocenters. The Balaban J connectivity index is 1.94. The van der Waals surface area contributed by atoms with Crippen LogP contribution in [0, 0.1) is 25.5 Å². The Bertz CT molecular complexity index is 1130. The molecule has 1 heterocycles. The number of hydrogen-bond acceptors (Lipinski definition) is 2. The number of anilines is 1. The van der Waals surface area contributed by atoms with Gasteiger partial charge in [0.25, 0.3) is 11.8 Å². The van der Waals surface area contributed by atoms with E-state index in [0.717, 1.165) is 17.4 Å². The minimum Gasteiger partial charge on any atom is -0.366 e. The van der Waals surface area contributed by atoms with E-state index >= 15 is 0 Å². The first kappa shape index (κ1) is 21.2. The zero-order valence-corrected chi connectivity index (χ0v) is 17.2. The van der Waals surface area contributed by atoms with Crippen LogP contribution < -0.4 is 11.1 Å². The summed E-state index contributed by atoms with van der Waals surface area (Å²) in [7, 11) is 0. The second-order valence-corrected chi connectivity index (χ2v) is 7.50. The monoisotopic (exact) mass is 411 g/mol. The molecule has 7 heteroatoms. The van der Waals surface area contributed by atoms with Gasteiger partial charge in [-0.25, -0.2) is 8.78 Å². The number of rotatable bonds is 5. The zero-order valence-electron chi connectivity index (χ0n) is 17.2. The van der Waals surface area contributed by atoms with Crippen molar-refractivity contribution in [2.45, 2.75) is 33.6 Å². The number of aromatic nitrogens is 1. The molecule has 0 unspecified atom stereocenters. The first-order valence-corrected chi connectivity index (χ1v) is 9.49. The van der Waals surface area contributed by atoms with Crippen molar-refractivity contribution in [2.75, 3.05) is 5.32 Å². The highest BCUT2D eigenvalue weighted by Gasteiger charge is 2.20. The van der Waals surface area contributed by atoms with E-state index in [4.69, 9.17) is 5.73 Å². The highest BCUT2D eigenvalue weighted by atomic mass is 19.1. The molecule has 0 aliphatic heterocycles. The summed E-state index contributed by atoms with van der Waals surface area (Å²) in [6.07, 6.45) is 0. The van der Waals surface area contributed by atoms with E-state index in [9.17, 15) is 18.4 Å². The van der Waals surface area contributed by atoms with Crippen LogP contribution in [0.4, 0.5) is 14.5 Å². The van der Waals surface area contributed by atoms with Crippen LogP contribution in [0.5, 0.6) is 0 Å². The quantitative estimate of drug-likeness (QED) is 0.630. The molecule has 1 aromatic heterocycles. The van der Waals surface area contributed by atoms with Crippen LogP contribution in [-0.2, 0) is 0 Å². The van der Waals surface area contributed by atoms with E-state index in [1.165, 1.54) is 5.56 Å². The molecular formula is C23H23F2N3O2. The van der Waals surface area contributed by atoms with Gasteiger partial charge in [0.1, 0.15) is 11.6 Å². The molecule has 0 aliphatic rings. The Morgan fingerprint density at radius 2 is 1.60 bits per heavy atom. The Morgan fingerprint density at radius 3 is 2.17 bits per heavy atom. The number of carbonyl (C=O) groups excluding carboxylic acids is 2. The van der Waals surface area contributed by atoms with Gasteiger partial charge in [-0.1, -0.05) is 26.0 Å². The highest BCUT2D eigenvalue weighted by molar-refractivity contribution is 6.06. The summed E-state index contributed by atoms with van der Waals surface area (Å²) < 4.78 is 29.7. The number of primary amides is 1. The van der Waals surface area contributed by atoms with Crippen molar-refractivity contribution in [2.24, 2.45) is 5.73 Å². The van der Waals surface area contributed by atoms with Gasteiger partial charge in [0.2, 0.25) is 0 Å². The summed E-state index contributed by atoms with van der Waals surface area (Å²) in [5.41, 5.74) is 8.22. The van der Waals surface area contributed by atoms with Crippen molar-refractivity contribution in [1.82, 2.24) is 4.57 Å². The van der Waals surface area contributed by atoms with Crippen molar-refractivity contribution >= 4 is 17.5 Å². The van der Waals surface area contributed by atoms with E-state index in [-0.39, 0.29) is 5.69 Å². The Kier molecular flexibility index (Phi) is 5.73. The van der Waals surface area contributed by atoms with E-state index < -0.39 is 29.0 Å². The lowest BCUT2D eigenvalue weighted by molar-refractivity contribution is 0.0992. The molecule has 2 amide bonds. The van der Waals surface area contributed by atoms with Crippen LogP contribution in [0.1, 0.15) is 57.4 Å². The molecule has 0 bridgehead atoms. The summed E-state index contributed by atoms with van der Waals surface area (Å²) >= 11 is 0. The SMILES string of the molecule is Cc1cc(C(=O)Nc2cc(C(N)=O)c(F)cc2F)c(C)n1-c1ccc(C(C)C)cc1. The fraction of sp³-hybridized carbons (Fsp3) is 0.217. The molecule has 0 radical (unpaired) electrons. The molecule has 0 saturated carbocycles. The predicted molar refractivity (Wildman–Crippen MR) is 112 cm³/mol. The van der Waals surface area contributed by atoms with Gasteiger partial charge in [-0.2, -0.15) is 0 Å². The third-order valence-electron chi connectivity index (χ3n) is 5.06. The molecule has 0 aliphatic carbocycles. The molecule has 30 heavy (non-hydrogen) atoms. The standard InChI is InChI=1S/C23H23F2N3O2/c1-12(2)15-5-7-16(8-6-15)28-13(3)9-17(14(28)4)23(30)27-21-10-18(22(26)29)19(24)11-20(21)25/h5-12H,1-4H3,(H2,26,29)(H,27,30). The van der Waals surface area contributed by atoms with Gasteiger partial charge in [-0.05, 0) is 49.6 Å². The minimum absolute atomic E-state index is 0.318. The number of carbonyl (C=O) groups is 2. The lowest BCUT2D eigenvalue weighted by Gasteiger charge is -2.12. The maximum atomic E-state index is 14.1. The number of amides is 2. The number of aryl methyl sites for hydroxylation is 1. The van der Waals surface area contributed by atoms with Gasteiger partial charge in [-0.15, -0.1) is 0 Å².